The Morgan fingerprint density at radius 1 is 1.38 bits per heavy atom. The Morgan fingerprint density at radius 3 is 2.88 bits per heavy atom. The van der Waals surface area contributed by atoms with Crippen LogP contribution in [0.25, 0.3) is 0 Å². The number of nitrogens with zero attached hydrogens (tertiary/aromatic N) is 1. The molecule has 1 fully saturated rings. The maximum Gasteiger partial charge on any atom is 0.0628 e. The first-order chi connectivity index (χ1) is 7.85. The summed E-state index contributed by atoms with van der Waals surface area (Å²) in [4.78, 5) is 0. The van der Waals surface area contributed by atoms with Crippen LogP contribution < -0.4 is 5.32 Å². The molecule has 0 amide bonds. The van der Waals surface area contributed by atoms with Crippen LogP contribution in [0.5, 0.6) is 0 Å². The molecule has 0 radical (unpaired) electrons. The highest BCUT2D eigenvalue weighted by Gasteiger charge is 2.41. The molecule has 0 aromatic rings. The van der Waals surface area contributed by atoms with Gasteiger partial charge < -0.3 is 5.32 Å². The Morgan fingerprint density at radius 2 is 2.25 bits per heavy atom. The molecule has 2 aliphatic carbocycles. The molecule has 1 saturated carbocycles. The van der Waals surface area contributed by atoms with Gasteiger partial charge in [0.1, 0.15) is 0 Å². The summed E-state index contributed by atoms with van der Waals surface area (Å²) in [6.07, 6.45) is 12.2. The molecule has 2 heteroatoms. The average molecular weight is 218 g/mol. The van der Waals surface area contributed by atoms with E-state index in [2.05, 4.69) is 17.5 Å². The lowest BCUT2D eigenvalue weighted by atomic mass is 9.97. The number of allylic oxidation sites excluding steroid dienone is 1. The fourth-order valence-corrected chi connectivity index (χ4v) is 2.49. The Kier molecular flexibility index (Phi) is 4.01. The predicted octanol–water partition coefficient (Wildman–Crippen LogP) is 3.16. The van der Waals surface area contributed by atoms with Crippen LogP contribution in [0.1, 0.15) is 51.4 Å². The van der Waals surface area contributed by atoms with Crippen LogP contribution in [0.4, 0.5) is 0 Å². The molecule has 2 nitrogen and oxygen atoms in total. The largest absolute Gasteiger partial charge is 0.316 e. The Labute approximate surface area is 98.7 Å². The number of rotatable bonds is 6. The predicted molar refractivity (Wildman–Crippen MR) is 65.9 cm³/mol. The van der Waals surface area contributed by atoms with Gasteiger partial charge in [-0.25, -0.2) is 0 Å². The fourth-order valence-electron chi connectivity index (χ4n) is 2.49. The van der Waals surface area contributed by atoms with Gasteiger partial charge in [0.15, 0.2) is 0 Å². The van der Waals surface area contributed by atoms with Crippen LogP contribution in [0.2, 0.25) is 0 Å². The topological polar surface area (TPSA) is 35.8 Å². The summed E-state index contributed by atoms with van der Waals surface area (Å²) in [6, 6.07) is 2.31. The van der Waals surface area contributed by atoms with E-state index in [1.807, 2.05) is 0 Å². The third-order valence-corrected chi connectivity index (χ3v) is 3.92. The van der Waals surface area contributed by atoms with Crippen molar-refractivity contribution in [1.29, 1.82) is 5.26 Å². The lowest BCUT2D eigenvalue weighted by Gasteiger charge is -2.15. The van der Waals surface area contributed by atoms with Crippen LogP contribution >= 0.6 is 0 Å². The molecule has 2 rings (SSSR count). The molecular formula is C14H22N2. The van der Waals surface area contributed by atoms with Crippen LogP contribution in [-0.2, 0) is 0 Å². The molecule has 0 aromatic carbocycles. The smallest absolute Gasteiger partial charge is 0.0628 e. The molecule has 0 aliphatic heterocycles. The summed E-state index contributed by atoms with van der Waals surface area (Å²) in [7, 11) is 0. The van der Waals surface area contributed by atoms with Gasteiger partial charge in [-0.15, -0.1) is 0 Å². The second-order valence-corrected chi connectivity index (χ2v) is 5.37. The summed E-state index contributed by atoms with van der Waals surface area (Å²) < 4.78 is 0. The number of hydrogen-bond donors (Lipinski definition) is 1. The molecule has 16 heavy (non-hydrogen) atoms. The van der Waals surface area contributed by atoms with Crippen molar-refractivity contribution >= 4 is 0 Å². The molecule has 0 spiro atoms. The minimum absolute atomic E-state index is 0.357. The Balaban J connectivity index is 1.58. The average Bonchev–Trinajstić information content (AvgIpc) is 3.07. The van der Waals surface area contributed by atoms with Crippen LogP contribution in [-0.4, -0.2) is 13.1 Å². The molecule has 2 aliphatic rings. The van der Waals surface area contributed by atoms with Gasteiger partial charge in [0.05, 0.1) is 6.07 Å². The maximum absolute atomic E-state index is 8.72. The normalized spacial score (nSPS) is 22.3. The zero-order chi connectivity index (χ0) is 11.3. The van der Waals surface area contributed by atoms with Gasteiger partial charge in [0.2, 0.25) is 0 Å². The first kappa shape index (κ1) is 11.7. The summed E-state index contributed by atoms with van der Waals surface area (Å²) >= 11 is 0. The zero-order valence-electron chi connectivity index (χ0n) is 10.1. The molecule has 0 atom stereocenters. The lowest BCUT2D eigenvalue weighted by Crippen LogP contribution is -2.25. The van der Waals surface area contributed by atoms with Gasteiger partial charge in [-0.3, -0.25) is 0 Å². The van der Waals surface area contributed by atoms with Gasteiger partial charge >= 0.3 is 0 Å². The summed E-state index contributed by atoms with van der Waals surface area (Å²) in [5.74, 6) is 0. The van der Waals surface area contributed by atoms with Crippen LogP contribution in [0.15, 0.2) is 11.6 Å². The van der Waals surface area contributed by atoms with Crippen molar-refractivity contribution in [2.75, 3.05) is 13.1 Å². The highest BCUT2D eigenvalue weighted by molar-refractivity contribution is 5.05. The fraction of sp³-hybridized carbons (Fsp3) is 0.786. The summed E-state index contributed by atoms with van der Waals surface area (Å²) in [5, 5.41) is 12.2. The molecular weight excluding hydrogens is 196 g/mol. The standard InChI is InChI=1S/C14H22N2/c15-10-9-14(7-8-14)12-16-11-6-13-4-2-1-3-5-13/h4,16H,1-3,5-9,11-12H2. The van der Waals surface area contributed by atoms with Crippen molar-refractivity contribution in [2.24, 2.45) is 5.41 Å². The number of nitriles is 1. The second kappa shape index (κ2) is 5.50. The van der Waals surface area contributed by atoms with E-state index < -0.39 is 0 Å². The molecule has 0 saturated heterocycles. The first-order valence-corrected chi connectivity index (χ1v) is 6.60. The van der Waals surface area contributed by atoms with Gasteiger partial charge in [-0.05, 0) is 56.9 Å². The Hall–Kier alpha value is -0.810. The van der Waals surface area contributed by atoms with E-state index >= 15 is 0 Å². The van der Waals surface area contributed by atoms with E-state index in [1.54, 1.807) is 5.57 Å². The van der Waals surface area contributed by atoms with E-state index in [4.69, 9.17) is 5.26 Å². The van der Waals surface area contributed by atoms with Gasteiger partial charge in [0, 0.05) is 13.0 Å². The molecule has 1 N–H and O–H groups in total. The lowest BCUT2D eigenvalue weighted by molar-refractivity contribution is 0.467. The SMILES string of the molecule is N#CCC1(CNCCC2=CCCCC2)CC1. The van der Waals surface area contributed by atoms with Crippen molar-refractivity contribution in [3.63, 3.8) is 0 Å². The van der Waals surface area contributed by atoms with Crippen molar-refractivity contribution in [1.82, 2.24) is 5.32 Å². The molecule has 0 bridgehead atoms. The molecule has 88 valence electrons. The van der Waals surface area contributed by atoms with Gasteiger partial charge in [-0.1, -0.05) is 11.6 Å². The third kappa shape index (κ3) is 3.35. The first-order valence-electron chi connectivity index (χ1n) is 6.60. The second-order valence-electron chi connectivity index (χ2n) is 5.37. The van der Waals surface area contributed by atoms with E-state index in [0.717, 1.165) is 19.5 Å². The van der Waals surface area contributed by atoms with Gasteiger partial charge in [-0.2, -0.15) is 5.26 Å². The van der Waals surface area contributed by atoms with Crippen molar-refractivity contribution in [2.45, 2.75) is 51.4 Å². The van der Waals surface area contributed by atoms with Crippen molar-refractivity contribution in [3.05, 3.63) is 11.6 Å². The number of nitrogens with one attached hydrogen (secondary N) is 1. The van der Waals surface area contributed by atoms with Crippen LogP contribution in [0, 0.1) is 16.7 Å². The summed E-state index contributed by atoms with van der Waals surface area (Å²) in [6.45, 7) is 2.15. The van der Waals surface area contributed by atoms with E-state index in [0.29, 0.717) is 5.41 Å². The summed E-state index contributed by atoms with van der Waals surface area (Å²) in [5.41, 5.74) is 2.00. The molecule has 0 unspecified atom stereocenters. The zero-order valence-corrected chi connectivity index (χ0v) is 10.1. The highest BCUT2D eigenvalue weighted by Crippen LogP contribution is 2.47. The molecule has 0 aromatic heterocycles. The highest BCUT2D eigenvalue weighted by atomic mass is 14.9. The van der Waals surface area contributed by atoms with Crippen molar-refractivity contribution in [3.8, 4) is 6.07 Å². The van der Waals surface area contributed by atoms with E-state index in [1.165, 1.54) is 44.9 Å². The van der Waals surface area contributed by atoms with Gasteiger partial charge in [0.25, 0.3) is 0 Å². The third-order valence-electron chi connectivity index (χ3n) is 3.92. The minimum atomic E-state index is 0.357. The molecule has 0 heterocycles. The van der Waals surface area contributed by atoms with Crippen LogP contribution in [0.3, 0.4) is 0 Å². The van der Waals surface area contributed by atoms with E-state index in [9.17, 15) is 0 Å². The van der Waals surface area contributed by atoms with E-state index in [-0.39, 0.29) is 0 Å². The Bertz CT molecular complexity index is 294. The minimum Gasteiger partial charge on any atom is -0.316 e. The van der Waals surface area contributed by atoms with Crippen molar-refractivity contribution < 1.29 is 0 Å². The monoisotopic (exact) mass is 218 g/mol. The maximum atomic E-state index is 8.72. The quantitative estimate of drug-likeness (QED) is 0.549. The number of hydrogen-bond acceptors (Lipinski definition) is 2.